The van der Waals surface area contributed by atoms with E-state index < -0.39 is 23.3 Å². The van der Waals surface area contributed by atoms with Crippen molar-refractivity contribution in [2.24, 2.45) is 27.8 Å². The van der Waals surface area contributed by atoms with Crippen molar-refractivity contribution in [3.63, 3.8) is 0 Å². The molecule has 22 heavy (non-hydrogen) atoms. The number of hydrogen-bond donors (Lipinski definition) is 3. The van der Waals surface area contributed by atoms with Crippen molar-refractivity contribution in [3.05, 3.63) is 0 Å². The van der Waals surface area contributed by atoms with Gasteiger partial charge < -0.3 is 11.5 Å². The number of barbiturate groups is 1. The molecule has 1 atom stereocenters. The van der Waals surface area contributed by atoms with Crippen LogP contribution in [0.25, 0.3) is 0 Å². The smallest absolute Gasteiger partial charge is 0.330 e. The molecular formula is C14H25N5O3. The first kappa shape index (κ1) is 17.9. The molecule has 1 heterocycles. The van der Waals surface area contributed by atoms with Crippen LogP contribution in [0.2, 0.25) is 0 Å². The Bertz CT molecular complexity index is 485. The standard InChI is InChI=1S/C14H25N5O3/c1-4-14(6-5-9(2)3)10(20)18-13(22)19(11(14)21)8-7-17-12(15)16/h9H,4-8H2,1-3H3,(H4,15,16,17)(H,18,20,22). The number of carbonyl (C=O) groups excluding carboxylic acids is 3. The summed E-state index contributed by atoms with van der Waals surface area (Å²) in [4.78, 5) is 41.7. The van der Waals surface area contributed by atoms with Gasteiger partial charge in [-0.3, -0.25) is 24.8 Å². The maximum Gasteiger partial charge on any atom is 0.330 e. The number of nitrogens with one attached hydrogen (secondary N) is 1. The van der Waals surface area contributed by atoms with Crippen LogP contribution in [0.5, 0.6) is 0 Å². The molecule has 1 aliphatic rings. The van der Waals surface area contributed by atoms with Gasteiger partial charge in [0.25, 0.3) is 0 Å². The van der Waals surface area contributed by atoms with E-state index in [1.807, 2.05) is 13.8 Å². The summed E-state index contributed by atoms with van der Waals surface area (Å²) in [6, 6.07) is -0.714. The van der Waals surface area contributed by atoms with E-state index in [-0.39, 0.29) is 19.0 Å². The SMILES string of the molecule is CCC1(CCC(C)C)C(=O)NC(=O)N(CCN=C(N)N)C1=O. The lowest BCUT2D eigenvalue weighted by Crippen LogP contribution is -2.64. The van der Waals surface area contributed by atoms with Crippen molar-refractivity contribution in [1.29, 1.82) is 0 Å². The van der Waals surface area contributed by atoms with E-state index in [4.69, 9.17) is 11.5 Å². The number of nitrogens with zero attached hydrogens (tertiary/aromatic N) is 2. The van der Waals surface area contributed by atoms with Crippen molar-refractivity contribution >= 4 is 23.8 Å². The number of guanidine groups is 1. The Balaban J connectivity index is 2.96. The fourth-order valence-electron chi connectivity index (χ4n) is 2.46. The molecule has 1 unspecified atom stereocenters. The summed E-state index contributed by atoms with van der Waals surface area (Å²) < 4.78 is 0. The normalized spacial score (nSPS) is 22.0. The second kappa shape index (κ2) is 7.24. The van der Waals surface area contributed by atoms with Gasteiger partial charge >= 0.3 is 6.03 Å². The van der Waals surface area contributed by atoms with Crippen LogP contribution in [0.4, 0.5) is 4.79 Å². The predicted octanol–water partition coefficient (Wildman–Crippen LogP) is 0.171. The van der Waals surface area contributed by atoms with Crippen LogP contribution in [-0.2, 0) is 9.59 Å². The summed E-state index contributed by atoms with van der Waals surface area (Å²) >= 11 is 0. The van der Waals surface area contributed by atoms with Gasteiger partial charge in [-0.2, -0.15) is 0 Å². The van der Waals surface area contributed by atoms with Crippen LogP contribution < -0.4 is 16.8 Å². The number of rotatable bonds is 7. The van der Waals surface area contributed by atoms with Gasteiger partial charge in [-0.1, -0.05) is 20.8 Å². The number of imide groups is 2. The number of nitrogens with two attached hydrogens (primary N) is 2. The highest BCUT2D eigenvalue weighted by molar-refractivity contribution is 6.19. The number of hydrogen-bond acceptors (Lipinski definition) is 4. The second-order valence-electron chi connectivity index (χ2n) is 5.89. The van der Waals surface area contributed by atoms with Crippen molar-refractivity contribution in [2.75, 3.05) is 13.1 Å². The summed E-state index contributed by atoms with van der Waals surface area (Å²) in [5, 5.41) is 2.28. The Morgan fingerprint density at radius 1 is 1.32 bits per heavy atom. The summed E-state index contributed by atoms with van der Waals surface area (Å²) in [5.74, 6) is -0.724. The van der Waals surface area contributed by atoms with Gasteiger partial charge in [0, 0.05) is 0 Å². The highest BCUT2D eigenvalue weighted by Gasteiger charge is 2.51. The predicted molar refractivity (Wildman–Crippen MR) is 82.7 cm³/mol. The number of urea groups is 1. The highest BCUT2D eigenvalue weighted by Crippen LogP contribution is 2.35. The van der Waals surface area contributed by atoms with Crippen LogP contribution in [0.15, 0.2) is 4.99 Å². The van der Waals surface area contributed by atoms with E-state index in [1.54, 1.807) is 6.92 Å². The molecule has 1 rings (SSSR count). The van der Waals surface area contributed by atoms with Crippen LogP contribution in [0, 0.1) is 11.3 Å². The Kier molecular flexibility index (Phi) is 5.90. The lowest BCUT2D eigenvalue weighted by molar-refractivity contribution is -0.152. The molecule has 0 aromatic carbocycles. The molecule has 1 fully saturated rings. The topological polar surface area (TPSA) is 131 Å². The van der Waals surface area contributed by atoms with Crippen LogP contribution >= 0.6 is 0 Å². The van der Waals surface area contributed by atoms with Gasteiger partial charge in [0.05, 0.1) is 13.1 Å². The van der Waals surface area contributed by atoms with E-state index in [2.05, 4.69) is 10.3 Å². The molecule has 0 aromatic heterocycles. The lowest BCUT2D eigenvalue weighted by atomic mass is 9.75. The van der Waals surface area contributed by atoms with Crippen molar-refractivity contribution < 1.29 is 14.4 Å². The third-order valence-corrected chi connectivity index (χ3v) is 3.92. The molecule has 8 heteroatoms. The summed E-state index contributed by atoms with van der Waals surface area (Å²) in [6.07, 6.45) is 1.48. The van der Waals surface area contributed by atoms with Crippen molar-refractivity contribution in [1.82, 2.24) is 10.2 Å². The van der Waals surface area contributed by atoms with E-state index in [0.717, 1.165) is 11.3 Å². The third-order valence-electron chi connectivity index (χ3n) is 3.92. The minimum absolute atomic E-state index is 0.0409. The largest absolute Gasteiger partial charge is 0.370 e. The first-order chi connectivity index (χ1) is 10.2. The van der Waals surface area contributed by atoms with Gasteiger partial charge in [0.15, 0.2) is 5.96 Å². The fraction of sp³-hybridized carbons (Fsp3) is 0.714. The van der Waals surface area contributed by atoms with Crippen LogP contribution in [-0.4, -0.2) is 41.8 Å². The lowest BCUT2D eigenvalue weighted by Gasteiger charge is -2.39. The fourth-order valence-corrected chi connectivity index (χ4v) is 2.46. The molecule has 0 aliphatic carbocycles. The molecule has 124 valence electrons. The first-order valence-electron chi connectivity index (χ1n) is 7.47. The van der Waals surface area contributed by atoms with E-state index >= 15 is 0 Å². The molecule has 0 radical (unpaired) electrons. The molecule has 0 aromatic rings. The van der Waals surface area contributed by atoms with E-state index in [9.17, 15) is 14.4 Å². The summed E-state index contributed by atoms with van der Waals surface area (Å²) in [6.45, 7) is 5.98. The maximum absolute atomic E-state index is 12.7. The second-order valence-corrected chi connectivity index (χ2v) is 5.89. The zero-order chi connectivity index (χ0) is 16.9. The molecule has 0 saturated carbocycles. The third kappa shape index (κ3) is 3.75. The molecule has 0 bridgehead atoms. The molecular weight excluding hydrogens is 286 g/mol. The van der Waals surface area contributed by atoms with Gasteiger partial charge in [0.1, 0.15) is 5.41 Å². The Hall–Kier alpha value is -2.12. The molecule has 4 amide bonds. The zero-order valence-corrected chi connectivity index (χ0v) is 13.4. The Morgan fingerprint density at radius 3 is 2.45 bits per heavy atom. The van der Waals surface area contributed by atoms with Crippen molar-refractivity contribution in [3.8, 4) is 0 Å². The summed E-state index contributed by atoms with van der Waals surface area (Å²) in [5.41, 5.74) is 9.27. The molecule has 1 saturated heterocycles. The minimum Gasteiger partial charge on any atom is -0.370 e. The maximum atomic E-state index is 12.7. The van der Waals surface area contributed by atoms with Gasteiger partial charge in [0.2, 0.25) is 11.8 Å². The van der Waals surface area contributed by atoms with Gasteiger partial charge in [-0.25, -0.2) is 4.79 Å². The van der Waals surface area contributed by atoms with E-state index in [0.29, 0.717) is 18.8 Å². The zero-order valence-electron chi connectivity index (χ0n) is 13.4. The molecule has 5 N–H and O–H groups in total. The minimum atomic E-state index is -1.18. The number of aliphatic imine (C=N–C) groups is 1. The Labute approximate surface area is 130 Å². The van der Waals surface area contributed by atoms with Crippen LogP contribution in [0.1, 0.15) is 40.0 Å². The summed E-state index contributed by atoms with van der Waals surface area (Å²) in [7, 11) is 0. The molecule has 1 aliphatic heterocycles. The number of amides is 4. The average Bonchev–Trinajstić information content (AvgIpc) is 2.42. The quantitative estimate of drug-likeness (QED) is 0.350. The van der Waals surface area contributed by atoms with Crippen LogP contribution in [0.3, 0.4) is 0 Å². The highest BCUT2D eigenvalue weighted by atomic mass is 16.2. The van der Waals surface area contributed by atoms with E-state index in [1.165, 1.54) is 0 Å². The molecule has 8 nitrogen and oxygen atoms in total. The first-order valence-corrected chi connectivity index (χ1v) is 7.47. The van der Waals surface area contributed by atoms with Gasteiger partial charge in [-0.05, 0) is 25.2 Å². The average molecular weight is 311 g/mol. The Morgan fingerprint density at radius 2 is 1.95 bits per heavy atom. The monoisotopic (exact) mass is 311 g/mol. The van der Waals surface area contributed by atoms with Gasteiger partial charge in [-0.15, -0.1) is 0 Å². The van der Waals surface area contributed by atoms with Crippen molar-refractivity contribution in [2.45, 2.75) is 40.0 Å². The molecule has 0 spiro atoms. The number of carbonyl (C=O) groups is 3.